The predicted molar refractivity (Wildman–Crippen MR) is 83.5 cm³/mol. The number of benzene rings is 2. The van der Waals surface area contributed by atoms with Crippen molar-refractivity contribution in [1.29, 1.82) is 4.78 Å². The molecule has 0 saturated carbocycles. The van der Waals surface area contributed by atoms with E-state index in [1.165, 1.54) is 5.41 Å². The van der Waals surface area contributed by atoms with Crippen molar-refractivity contribution in [2.45, 2.75) is 11.8 Å². The Morgan fingerprint density at radius 2 is 1.63 bits per heavy atom. The molecule has 4 heteroatoms. The van der Waals surface area contributed by atoms with Gasteiger partial charge in [-0.1, -0.05) is 45.8 Å². The first-order chi connectivity index (χ1) is 8.97. The van der Waals surface area contributed by atoms with Crippen LogP contribution in [0.4, 0.5) is 0 Å². The summed E-state index contributed by atoms with van der Waals surface area (Å²) in [5.41, 5.74) is 2.02. The molecule has 1 N–H and O–H groups in total. The van der Waals surface area contributed by atoms with Crippen molar-refractivity contribution in [3.8, 4) is 0 Å². The molecule has 0 aliphatic rings. The van der Waals surface area contributed by atoms with Crippen molar-refractivity contribution in [2.75, 3.05) is 0 Å². The summed E-state index contributed by atoms with van der Waals surface area (Å²) < 4.78 is 21.3. The highest BCUT2D eigenvalue weighted by molar-refractivity contribution is 9.10. The molecule has 19 heavy (non-hydrogen) atoms. The Morgan fingerprint density at radius 3 is 2.21 bits per heavy atom. The summed E-state index contributed by atoms with van der Waals surface area (Å²) in [6.45, 7) is 1.97. The lowest BCUT2D eigenvalue weighted by molar-refractivity contribution is 0.681. The number of halogens is 1. The van der Waals surface area contributed by atoms with Crippen molar-refractivity contribution in [1.82, 2.24) is 0 Å². The van der Waals surface area contributed by atoms with E-state index in [1.54, 1.807) is 18.2 Å². The zero-order chi connectivity index (χ0) is 13.9. The molecule has 0 fully saturated rings. The van der Waals surface area contributed by atoms with Gasteiger partial charge in [0, 0.05) is 9.88 Å². The Morgan fingerprint density at radius 1 is 1.05 bits per heavy atom. The zero-order valence-corrected chi connectivity index (χ0v) is 12.9. The maximum absolute atomic E-state index is 12.3. The van der Waals surface area contributed by atoms with E-state index in [0.29, 0.717) is 4.90 Å². The van der Waals surface area contributed by atoms with Crippen LogP contribution in [0.1, 0.15) is 11.1 Å². The molecule has 0 amide bonds. The van der Waals surface area contributed by atoms with Crippen LogP contribution >= 0.6 is 15.9 Å². The van der Waals surface area contributed by atoms with Crippen molar-refractivity contribution in [2.24, 2.45) is 0 Å². The van der Waals surface area contributed by atoms with Crippen LogP contribution in [-0.4, -0.2) is 4.21 Å². The first-order valence-corrected chi connectivity index (χ1v) is 8.18. The topological polar surface area (TPSA) is 40.9 Å². The minimum absolute atomic E-state index is 0.534. The van der Waals surface area contributed by atoms with Crippen LogP contribution in [0.25, 0.3) is 6.08 Å². The molecular formula is C15H14BrNOS. The van der Waals surface area contributed by atoms with Crippen LogP contribution in [-0.2, 0) is 9.73 Å². The Balaban J connectivity index is 2.26. The van der Waals surface area contributed by atoms with E-state index in [1.807, 2.05) is 43.3 Å². The van der Waals surface area contributed by atoms with E-state index in [2.05, 4.69) is 15.9 Å². The van der Waals surface area contributed by atoms with Gasteiger partial charge < -0.3 is 0 Å². The summed E-state index contributed by atoms with van der Waals surface area (Å²) in [7, 11) is -2.88. The molecule has 2 aromatic carbocycles. The number of rotatable bonds is 3. The quantitative estimate of drug-likeness (QED) is 0.856. The molecule has 0 bridgehead atoms. The molecule has 2 nitrogen and oxygen atoms in total. The summed E-state index contributed by atoms with van der Waals surface area (Å²) in [4.78, 5) is 0.534. The summed E-state index contributed by atoms with van der Waals surface area (Å²) >= 11 is 3.36. The third-order valence-electron chi connectivity index (χ3n) is 2.69. The molecule has 0 heterocycles. The van der Waals surface area contributed by atoms with E-state index < -0.39 is 9.73 Å². The molecular weight excluding hydrogens is 322 g/mol. The van der Waals surface area contributed by atoms with E-state index in [4.69, 9.17) is 4.78 Å². The van der Waals surface area contributed by atoms with Gasteiger partial charge in [0.05, 0.1) is 14.6 Å². The van der Waals surface area contributed by atoms with Crippen LogP contribution in [0.15, 0.2) is 63.3 Å². The van der Waals surface area contributed by atoms with Gasteiger partial charge in [-0.25, -0.2) is 8.99 Å². The number of nitrogens with one attached hydrogen (secondary N) is 1. The molecule has 0 saturated heterocycles. The lowest BCUT2D eigenvalue weighted by Crippen LogP contribution is -1.93. The summed E-state index contributed by atoms with van der Waals surface area (Å²) in [6, 6.07) is 14.9. The molecule has 2 rings (SSSR count). The third kappa shape index (κ3) is 3.78. The number of hydrogen-bond acceptors (Lipinski definition) is 2. The molecule has 0 aliphatic carbocycles. The van der Waals surface area contributed by atoms with Gasteiger partial charge in [-0.05, 0) is 42.8 Å². The lowest BCUT2D eigenvalue weighted by atomic mass is 10.2. The van der Waals surface area contributed by atoms with Crippen molar-refractivity contribution >= 4 is 31.7 Å². The monoisotopic (exact) mass is 335 g/mol. The summed E-state index contributed by atoms with van der Waals surface area (Å²) in [6.07, 6.45) is 1.72. The van der Waals surface area contributed by atoms with Crippen LogP contribution in [0, 0.1) is 11.7 Å². The molecule has 1 unspecified atom stereocenters. The minimum atomic E-state index is -2.88. The first-order valence-electron chi connectivity index (χ1n) is 5.76. The molecule has 0 radical (unpaired) electrons. The summed E-state index contributed by atoms with van der Waals surface area (Å²) in [5, 5.41) is 1.46. The van der Waals surface area contributed by atoms with Crippen LogP contribution in [0.3, 0.4) is 0 Å². The van der Waals surface area contributed by atoms with Gasteiger partial charge in [0.1, 0.15) is 0 Å². The predicted octanol–water partition coefficient (Wildman–Crippen LogP) is 4.83. The van der Waals surface area contributed by atoms with Gasteiger partial charge in [-0.15, -0.1) is 0 Å². The fourth-order valence-electron chi connectivity index (χ4n) is 1.57. The van der Waals surface area contributed by atoms with Gasteiger partial charge in [0.25, 0.3) is 0 Å². The maximum Gasteiger partial charge on any atom is 0.0943 e. The molecule has 0 spiro atoms. The largest absolute Gasteiger partial charge is 0.245 e. The highest BCUT2D eigenvalue weighted by atomic mass is 79.9. The van der Waals surface area contributed by atoms with E-state index in [-0.39, 0.29) is 0 Å². The second-order valence-electron chi connectivity index (χ2n) is 4.27. The highest BCUT2D eigenvalue weighted by Crippen LogP contribution is 2.17. The maximum atomic E-state index is 12.3. The van der Waals surface area contributed by atoms with Crippen LogP contribution in [0.2, 0.25) is 0 Å². The van der Waals surface area contributed by atoms with Gasteiger partial charge >= 0.3 is 0 Å². The fourth-order valence-corrected chi connectivity index (χ4v) is 2.88. The molecule has 2 aromatic rings. The Kier molecular flexibility index (Phi) is 4.22. The SMILES string of the molecule is Cc1ccc(S(=N)(=O)/C=C/c2ccc(Br)cc2)cc1. The highest BCUT2D eigenvalue weighted by Gasteiger charge is 2.05. The van der Waals surface area contributed by atoms with Gasteiger partial charge in [0.15, 0.2) is 0 Å². The fraction of sp³-hybridized carbons (Fsp3) is 0.0667. The second-order valence-corrected chi connectivity index (χ2v) is 7.13. The average Bonchev–Trinajstić information content (AvgIpc) is 2.39. The standard InChI is InChI=1S/C15H14BrNOS/c1-12-2-8-15(9-3-12)19(17,18)11-10-13-4-6-14(16)7-5-13/h2-11,17H,1H3/b11-10+. The van der Waals surface area contributed by atoms with Crippen molar-refractivity contribution < 1.29 is 4.21 Å². The van der Waals surface area contributed by atoms with Gasteiger partial charge in [-0.2, -0.15) is 0 Å². The first kappa shape index (κ1) is 14.0. The van der Waals surface area contributed by atoms with Crippen LogP contribution < -0.4 is 0 Å². The lowest BCUT2D eigenvalue weighted by Gasteiger charge is -2.03. The van der Waals surface area contributed by atoms with Crippen molar-refractivity contribution in [3.05, 3.63) is 69.5 Å². The van der Waals surface area contributed by atoms with E-state index in [0.717, 1.165) is 15.6 Å². The zero-order valence-electron chi connectivity index (χ0n) is 10.5. The minimum Gasteiger partial charge on any atom is -0.245 e. The number of hydrogen-bond donors (Lipinski definition) is 1. The third-order valence-corrected chi connectivity index (χ3v) is 4.71. The molecule has 0 aromatic heterocycles. The van der Waals surface area contributed by atoms with Crippen LogP contribution in [0.5, 0.6) is 0 Å². The summed E-state index contributed by atoms with van der Waals surface area (Å²) in [5.74, 6) is 0. The molecule has 0 aliphatic heterocycles. The molecule has 98 valence electrons. The number of aryl methyl sites for hydroxylation is 1. The second kappa shape index (κ2) is 5.72. The Labute approximate surface area is 122 Å². The Bertz CT molecular complexity index is 686. The smallest absolute Gasteiger partial charge is 0.0943 e. The van der Waals surface area contributed by atoms with Gasteiger partial charge in [-0.3, -0.25) is 0 Å². The average molecular weight is 336 g/mol. The van der Waals surface area contributed by atoms with E-state index in [9.17, 15) is 4.21 Å². The van der Waals surface area contributed by atoms with Crippen molar-refractivity contribution in [3.63, 3.8) is 0 Å². The van der Waals surface area contributed by atoms with Gasteiger partial charge in [0.2, 0.25) is 0 Å². The van der Waals surface area contributed by atoms with E-state index >= 15 is 0 Å². The molecule has 1 atom stereocenters. The Hall–Kier alpha value is -1.39. The normalized spacial score (nSPS) is 14.4.